The van der Waals surface area contributed by atoms with Gasteiger partial charge in [-0.2, -0.15) is 0 Å². The maximum absolute atomic E-state index is 10.9. The molecule has 0 aliphatic heterocycles. The van der Waals surface area contributed by atoms with Crippen molar-refractivity contribution in [3.05, 3.63) is 83.9 Å². The van der Waals surface area contributed by atoms with E-state index in [0.29, 0.717) is 5.56 Å². The summed E-state index contributed by atoms with van der Waals surface area (Å²) >= 11 is 0. The predicted molar refractivity (Wildman–Crippen MR) is 93.7 cm³/mol. The maximum Gasteiger partial charge on any atom is 0.335 e. The van der Waals surface area contributed by atoms with E-state index in [0.717, 1.165) is 17.5 Å². The number of benzene rings is 3. The SMILES string of the molecule is CCc1ccc(-c2ccc(-c3ccc(C(=O)O)cc3)cc2)cc1. The summed E-state index contributed by atoms with van der Waals surface area (Å²) < 4.78 is 0. The van der Waals surface area contributed by atoms with E-state index in [1.54, 1.807) is 12.1 Å². The Morgan fingerprint density at radius 2 is 1.04 bits per heavy atom. The van der Waals surface area contributed by atoms with Crippen molar-refractivity contribution in [2.24, 2.45) is 0 Å². The van der Waals surface area contributed by atoms with Crippen LogP contribution in [0.25, 0.3) is 22.3 Å². The van der Waals surface area contributed by atoms with Gasteiger partial charge in [0.1, 0.15) is 0 Å². The lowest BCUT2D eigenvalue weighted by atomic mass is 9.99. The van der Waals surface area contributed by atoms with Gasteiger partial charge in [0.15, 0.2) is 0 Å². The Labute approximate surface area is 136 Å². The lowest BCUT2D eigenvalue weighted by Gasteiger charge is -2.06. The molecule has 3 rings (SSSR count). The fourth-order valence-electron chi connectivity index (χ4n) is 2.59. The number of aryl methyl sites for hydroxylation is 1. The molecule has 3 aromatic rings. The van der Waals surface area contributed by atoms with Crippen molar-refractivity contribution in [3.8, 4) is 22.3 Å². The van der Waals surface area contributed by atoms with E-state index in [2.05, 4.69) is 55.5 Å². The van der Waals surface area contributed by atoms with Crippen molar-refractivity contribution in [1.29, 1.82) is 0 Å². The average Bonchev–Trinajstić information content (AvgIpc) is 2.62. The van der Waals surface area contributed by atoms with Gasteiger partial charge >= 0.3 is 5.97 Å². The van der Waals surface area contributed by atoms with Crippen LogP contribution in [0.4, 0.5) is 0 Å². The molecule has 23 heavy (non-hydrogen) atoms. The summed E-state index contributed by atoms with van der Waals surface area (Å²) in [5, 5.41) is 8.95. The molecule has 0 saturated carbocycles. The molecule has 2 heteroatoms. The Morgan fingerprint density at radius 1 is 0.696 bits per heavy atom. The van der Waals surface area contributed by atoms with Gasteiger partial charge in [0.05, 0.1) is 5.56 Å². The third kappa shape index (κ3) is 3.32. The number of carboxylic acid groups (broad SMARTS) is 1. The van der Waals surface area contributed by atoms with Crippen molar-refractivity contribution >= 4 is 5.97 Å². The highest BCUT2D eigenvalue weighted by molar-refractivity contribution is 5.88. The van der Waals surface area contributed by atoms with Crippen LogP contribution >= 0.6 is 0 Å². The second-order valence-corrected chi connectivity index (χ2v) is 5.51. The Balaban J connectivity index is 1.84. The molecule has 0 bridgehead atoms. The molecule has 0 radical (unpaired) electrons. The van der Waals surface area contributed by atoms with E-state index in [4.69, 9.17) is 5.11 Å². The Kier molecular flexibility index (Phi) is 4.24. The quantitative estimate of drug-likeness (QED) is 0.711. The third-order valence-corrected chi connectivity index (χ3v) is 4.05. The molecule has 0 amide bonds. The van der Waals surface area contributed by atoms with Crippen LogP contribution in [0.2, 0.25) is 0 Å². The van der Waals surface area contributed by atoms with E-state index in [9.17, 15) is 4.79 Å². The molecule has 0 saturated heterocycles. The zero-order chi connectivity index (χ0) is 16.2. The lowest BCUT2D eigenvalue weighted by molar-refractivity contribution is 0.0697. The van der Waals surface area contributed by atoms with E-state index in [1.807, 2.05) is 12.1 Å². The van der Waals surface area contributed by atoms with Gasteiger partial charge in [-0.15, -0.1) is 0 Å². The van der Waals surface area contributed by atoms with Crippen LogP contribution in [-0.4, -0.2) is 11.1 Å². The first kappa shape index (κ1) is 15.0. The van der Waals surface area contributed by atoms with Crippen LogP contribution < -0.4 is 0 Å². The smallest absolute Gasteiger partial charge is 0.335 e. The minimum Gasteiger partial charge on any atom is -0.478 e. The Morgan fingerprint density at radius 3 is 1.39 bits per heavy atom. The van der Waals surface area contributed by atoms with Gasteiger partial charge in [0, 0.05) is 0 Å². The van der Waals surface area contributed by atoms with E-state index < -0.39 is 5.97 Å². The van der Waals surface area contributed by atoms with Crippen molar-refractivity contribution < 1.29 is 9.90 Å². The standard InChI is InChI=1S/C21H18O2/c1-2-15-3-5-16(6-4-15)17-7-9-18(10-8-17)19-11-13-20(14-12-19)21(22)23/h3-14H,2H2,1H3,(H,22,23). The molecule has 0 fully saturated rings. The zero-order valence-corrected chi connectivity index (χ0v) is 13.0. The fraction of sp³-hybridized carbons (Fsp3) is 0.0952. The van der Waals surface area contributed by atoms with Crippen molar-refractivity contribution in [2.45, 2.75) is 13.3 Å². The molecule has 3 aromatic carbocycles. The minimum atomic E-state index is -0.901. The first-order chi connectivity index (χ1) is 11.2. The molecule has 0 heterocycles. The first-order valence-corrected chi connectivity index (χ1v) is 7.70. The zero-order valence-electron chi connectivity index (χ0n) is 13.0. The van der Waals surface area contributed by atoms with E-state index >= 15 is 0 Å². The monoisotopic (exact) mass is 302 g/mol. The molecule has 0 aliphatic carbocycles. The van der Waals surface area contributed by atoms with Crippen LogP contribution in [-0.2, 0) is 6.42 Å². The predicted octanol–water partition coefficient (Wildman–Crippen LogP) is 5.28. The van der Waals surface area contributed by atoms with Gasteiger partial charge in [0.2, 0.25) is 0 Å². The Bertz CT molecular complexity index is 798. The lowest BCUT2D eigenvalue weighted by Crippen LogP contribution is -1.94. The summed E-state index contributed by atoms with van der Waals surface area (Å²) in [6.07, 6.45) is 1.05. The van der Waals surface area contributed by atoms with Gasteiger partial charge in [-0.1, -0.05) is 67.6 Å². The summed E-state index contributed by atoms with van der Waals surface area (Å²) in [7, 11) is 0. The molecule has 0 unspecified atom stereocenters. The fourth-order valence-corrected chi connectivity index (χ4v) is 2.59. The maximum atomic E-state index is 10.9. The van der Waals surface area contributed by atoms with Gasteiger partial charge in [-0.25, -0.2) is 4.79 Å². The minimum absolute atomic E-state index is 0.307. The second kappa shape index (κ2) is 6.49. The summed E-state index contributed by atoms with van der Waals surface area (Å²) in [5.74, 6) is -0.901. The van der Waals surface area contributed by atoms with Gasteiger partial charge in [0.25, 0.3) is 0 Å². The van der Waals surface area contributed by atoms with Gasteiger partial charge < -0.3 is 5.11 Å². The van der Waals surface area contributed by atoms with Crippen LogP contribution in [0, 0.1) is 0 Å². The normalized spacial score (nSPS) is 10.5. The van der Waals surface area contributed by atoms with E-state index in [-0.39, 0.29) is 0 Å². The van der Waals surface area contributed by atoms with E-state index in [1.165, 1.54) is 16.7 Å². The highest BCUT2D eigenvalue weighted by Gasteiger charge is 2.04. The van der Waals surface area contributed by atoms with Crippen molar-refractivity contribution in [3.63, 3.8) is 0 Å². The molecule has 0 atom stereocenters. The number of carbonyl (C=O) groups is 1. The molecular weight excluding hydrogens is 284 g/mol. The molecule has 114 valence electrons. The number of hydrogen-bond donors (Lipinski definition) is 1. The largest absolute Gasteiger partial charge is 0.478 e. The topological polar surface area (TPSA) is 37.3 Å². The molecule has 0 aromatic heterocycles. The number of rotatable bonds is 4. The first-order valence-electron chi connectivity index (χ1n) is 7.70. The summed E-state index contributed by atoms with van der Waals surface area (Å²) in [6, 6.07) is 23.9. The number of aromatic carboxylic acids is 1. The molecule has 1 N–H and O–H groups in total. The molecular formula is C21H18O2. The van der Waals surface area contributed by atoms with Crippen LogP contribution in [0.3, 0.4) is 0 Å². The van der Waals surface area contributed by atoms with Crippen LogP contribution in [0.15, 0.2) is 72.8 Å². The summed E-state index contributed by atoms with van der Waals surface area (Å²) in [4.78, 5) is 10.9. The summed E-state index contributed by atoms with van der Waals surface area (Å²) in [6.45, 7) is 2.15. The average molecular weight is 302 g/mol. The number of carboxylic acids is 1. The highest BCUT2D eigenvalue weighted by Crippen LogP contribution is 2.25. The van der Waals surface area contributed by atoms with Crippen LogP contribution in [0.1, 0.15) is 22.8 Å². The summed E-state index contributed by atoms with van der Waals surface area (Å²) in [5.41, 5.74) is 6.12. The highest BCUT2D eigenvalue weighted by atomic mass is 16.4. The molecule has 2 nitrogen and oxygen atoms in total. The third-order valence-electron chi connectivity index (χ3n) is 4.05. The molecule has 0 spiro atoms. The van der Waals surface area contributed by atoms with Crippen molar-refractivity contribution in [2.75, 3.05) is 0 Å². The van der Waals surface area contributed by atoms with Crippen LogP contribution in [0.5, 0.6) is 0 Å². The second-order valence-electron chi connectivity index (χ2n) is 5.51. The number of hydrogen-bond acceptors (Lipinski definition) is 1. The molecule has 0 aliphatic rings. The van der Waals surface area contributed by atoms with Gasteiger partial charge in [-0.3, -0.25) is 0 Å². The Hall–Kier alpha value is -2.87. The van der Waals surface area contributed by atoms with Gasteiger partial charge in [-0.05, 0) is 46.4 Å². The van der Waals surface area contributed by atoms with Crippen molar-refractivity contribution in [1.82, 2.24) is 0 Å².